The first-order valence-electron chi connectivity index (χ1n) is 7.62. The fraction of sp³-hybridized carbons (Fsp3) is 0.389. The summed E-state index contributed by atoms with van der Waals surface area (Å²) in [6, 6.07) is 10.4. The van der Waals surface area contributed by atoms with Gasteiger partial charge in [0, 0.05) is 19.6 Å². The molecule has 3 heteroatoms. The molecule has 1 aromatic rings. The van der Waals surface area contributed by atoms with E-state index in [-0.39, 0.29) is 0 Å². The van der Waals surface area contributed by atoms with Crippen LogP contribution in [0.4, 0.5) is 0 Å². The van der Waals surface area contributed by atoms with Gasteiger partial charge in [-0.2, -0.15) is 0 Å². The minimum Gasteiger partial charge on any atom is -0.362 e. The topological polar surface area (TPSA) is 15.3 Å². The number of nitrogens with one attached hydrogen (secondary N) is 1. The van der Waals surface area contributed by atoms with Gasteiger partial charge in [-0.15, -0.1) is 6.58 Å². The first kappa shape index (κ1) is 15.8. The second kappa shape index (κ2) is 8.63. The SMILES string of the molecule is C=CCN(Cc1ccccc1)C(=S)NCC1CC=CCC1. The molecule has 0 amide bonds. The van der Waals surface area contributed by atoms with Crippen LogP contribution in [-0.4, -0.2) is 23.1 Å². The highest BCUT2D eigenvalue weighted by Crippen LogP contribution is 2.17. The molecule has 0 spiro atoms. The first-order valence-corrected chi connectivity index (χ1v) is 8.03. The van der Waals surface area contributed by atoms with E-state index in [1.165, 1.54) is 18.4 Å². The number of hydrogen-bond acceptors (Lipinski definition) is 1. The van der Waals surface area contributed by atoms with Crippen molar-refractivity contribution < 1.29 is 0 Å². The normalized spacial score (nSPS) is 17.2. The van der Waals surface area contributed by atoms with E-state index in [2.05, 4.69) is 53.2 Å². The van der Waals surface area contributed by atoms with Crippen LogP contribution < -0.4 is 5.32 Å². The van der Waals surface area contributed by atoms with Crippen molar-refractivity contribution in [3.05, 3.63) is 60.7 Å². The predicted octanol–water partition coefficient (Wildman–Crippen LogP) is 3.91. The maximum Gasteiger partial charge on any atom is 0.169 e. The molecule has 0 saturated heterocycles. The van der Waals surface area contributed by atoms with E-state index in [0.29, 0.717) is 5.92 Å². The summed E-state index contributed by atoms with van der Waals surface area (Å²) in [4.78, 5) is 2.16. The highest BCUT2D eigenvalue weighted by atomic mass is 32.1. The van der Waals surface area contributed by atoms with E-state index in [0.717, 1.165) is 31.2 Å². The maximum absolute atomic E-state index is 5.56. The zero-order chi connectivity index (χ0) is 14.9. The number of benzene rings is 1. The summed E-state index contributed by atoms with van der Waals surface area (Å²) < 4.78 is 0. The molecule has 2 nitrogen and oxygen atoms in total. The van der Waals surface area contributed by atoms with Crippen molar-refractivity contribution in [3.63, 3.8) is 0 Å². The van der Waals surface area contributed by atoms with Gasteiger partial charge in [0.15, 0.2) is 5.11 Å². The molecule has 0 aromatic heterocycles. The fourth-order valence-electron chi connectivity index (χ4n) is 2.56. The van der Waals surface area contributed by atoms with Crippen molar-refractivity contribution in [1.29, 1.82) is 0 Å². The molecule has 0 radical (unpaired) electrons. The number of thiocarbonyl (C=S) groups is 1. The van der Waals surface area contributed by atoms with Crippen LogP contribution >= 0.6 is 12.2 Å². The second-order valence-corrected chi connectivity index (χ2v) is 5.88. The van der Waals surface area contributed by atoms with E-state index in [1.807, 2.05) is 12.1 Å². The summed E-state index contributed by atoms with van der Waals surface area (Å²) in [5.74, 6) is 0.704. The molecule has 1 aliphatic carbocycles. The molecule has 0 bridgehead atoms. The molecule has 1 aliphatic rings. The molecule has 1 N–H and O–H groups in total. The van der Waals surface area contributed by atoms with Gasteiger partial charge in [-0.05, 0) is 43.0 Å². The lowest BCUT2D eigenvalue weighted by Crippen LogP contribution is -2.41. The average molecular weight is 300 g/mol. The molecule has 21 heavy (non-hydrogen) atoms. The van der Waals surface area contributed by atoms with Gasteiger partial charge in [-0.3, -0.25) is 0 Å². The van der Waals surface area contributed by atoms with Crippen molar-refractivity contribution in [2.45, 2.75) is 25.8 Å². The summed E-state index contributed by atoms with van der Waals surface area (Å²) in [5.41, 5.74) is 1.27. The van der Waals surface area contributed by atoms with Gasteiger partial charge in [0.05, 0.1) is 0 Å². The van der Waals surface area contributed by atoms with Gasteiger partial charge in [0.25, 0.3) is 0 Å². The van der Waals surface area contributed by atoms with Gasteiger partial charge < -0.3 is 10.2 Å². The smallest absolute Gasteiger partial charge is 0.169 e. The summed E-state index contributed by atoms with van der Waals surface area (Å²) in [5, 5.41) is 4.26. The van der Waals surface area contributed by atoms with Gasteiger partial charge in [0.1, 0.15) is 0 Å². The van der Waals surface area contributed by atoms with Crippen LogP contribution in [0.3, 0.4) is 0 Å². The first-order chi connectivity index (χ1) is 10.3. The largest absolute Gasteiger partial charge is 0.362 e. The lowest BCUT2D eigenvalue weighted by atomic mass is 9.94. The molecular weight excluding hydrogens is 276 g/mol. The lowest BCUT2D eigenvalue weighted by Gasteiger charge is -2.27. The standard InChI is InChI=1S/C18H24N2S/c1-2-13-20(15-17-11-7-4-8-12-17)18(21)19-14-16-9-5-3-6-10-16/h2-5,7-8,11-12,16H,1,6,9-10,13-15H2,(H,19,21). The monoisotopic (exact) mass is 300 g/mol. The third-order valence-corrected chi connectivity index (χ3v) is 4.18. The van der Waals surface area contributed by atoms with Gasteiger partial charge in [-0.1, -0.05) is 48.6 Å². The van der Waals surface area contributed by atoms with Gasteiger partial charge in [0.2, 0.25) is 0 Å². The molecule has 112 valence electrons. The van der Waals surface area contributed by atoms with Crippen LogP contribution in [0.25, 0.3) is 0 Å². The molecule has 0 saturated carbocycles. The van der Waals surface area contributed by atoms with E-state index in [4.69, 9.17) is 12.2 Å². The third kappa shape index (κ3) is 5.35. The predicted molar refractivity (Wildman–Crippen MR) is 94.1 cm³/mol. The van der Waals surface area contributed by atoms with E-state index in [1.54, 1.807) is 0 Å². The summed E-state index contributed by atoms with van der Waals surface area (Å²) in [7, 11) is 0. The lowest BCUT2D eigenvalue weighted by molar-refractivity contribution is 0.423. The average Bonchev–Trinajstić information content (AvgIpc) is 2.54. The quantitative estimate of drug-likeness (QED) is 0.633. The van der Waals surface area contributed by atoms with Crippen LogP contribution in [0.1, 0.15) is 24.8 Å². The Bertz CT molecular complexity index is 481. The Kier molecular flexibility index (Phi) is 6.48. The minimum atomic E-state index is 0.704. The van der Waals surface area contributed by atoms with E-state index < -0.39 is 0 Å². The van der Waals surface area contributed by atoms with Crippen LogP contribution in [0.5, 0.6) is 0 Å². The van der Waals surface area contributed by atoms with E-state index >= 15 is 0 Å². The fourth-order valence-corrected chi connectivity index (χ4v) is 2.79. The molecule has 0 heterocycles. The maximum atomic E-state index is 5.56. The molecular formula is C18H24N2S. The van der Waals surface area contributed by atoms with Crippen LogP contribution in [0.15, 0.2) is 55.1 Å². The van der Waals surface area contributed by atoms with Crippen molar-refractivity contribution in [3.8, 4) is 0 Å². The highest BCUT2D eigenvalue weighted by molar-refractivity contribution is 7.80. The summed E-state index contributed by atoms with van der Waals surface area (Å²) >= 11 is 5.56. The van der Waals surface area contributed by atoms with Gasteiger partial charge >= 0.3 is 0 Å². The van der Waals surface area contributed by atoms with Crippen molar-refractivity contribution >= 4 is 17.3 Å². The molecule has 1 atom stereocenters. The number of rotatable bonds is 6. The van der Waals surface area contributed by atoms with Crippen LogP contribution in [0, 0.1) is 5.92 Å². The Hall–Kier alpha value is -1.61. The number of allylic oxidation sites excluding steroid dienone is 2. The molecule has 1 unspecified atom stereocenters. The summed E-state index contributed by atoms with van der Waals surface area (Å²) in [6.07, 6.45) is 10.1. The van der Waals surface area contributed by atoms with Crippen molar-refractivity contribution in [2.24, 2.45) is 5.92 Å². The Morgan fingerprint density at radius 3 is 2.81 bits per heavy atom. The zero-order valence-corrected chi connectivity index (χ0v) is 13.3. The Morgan fingerprint density at radius 1 is 1.33 bits per heavy atom. The Morgan fingerprint density at radius 2 is 2.14 bits per heavy atom. The third-order valence-electron chi connectivity index (χ3n) is 3.77. The molecule has 1 aromatic carbocycles. The van der Waals surface area contributed by atoms with E-state index in [9.17, 15) is 0 Å². The highest BCUT2D eigenvalue weighted by Gasteiger charge is 2.13. The number of nitrogens with zero attached hydrogens (tertiary/aromatic N) is 1. The van der Waals surface area contributed by atoms with Crippen LogP contribution in [-0.2, 0) is 6.54 Å². The minimum absolute atomic E-state index is 0.704. The van der Waals surface area contributed by atoms with Crippen molar-refractivity contribution in [1.82, 2.24) is 10.2 Å². The van der Waals surface area contributed by atoms with Crippen LogP contribution in [0.2, 0.25) is 0 Å². The van der Waals surface area contributed by atoms with Gasteiger partial charge in [-0.25, -0.2) is 0 Å². The molecule has 0 aliphatic heterocycles. The molecule has 0 fully saturated rings. The van der Waals surface area contributed by atoms with Crippen molar-refractivity contribution in [2.75, 3.05) is 13.1 Å². The second-order valence-electron chi connectivity index (χ2n) is 5.49. The Balaban J connectivity index is 1.86. The molecule has 2 rings (SSSR count). The summed E-state index contributed by atoms with van der Waals surface area (Å²) in [6.45, 7) is 6.39. The Labute approximate surface area is 133 Å². The number of hydrogen-bond donors (Lipinski definition) is 1. The zero-order valence-electron chi connectivity index (χ0n) is 12.5.